The summed E-state index contributed by atoms with van der Waals surface area (Å²) in [6, 6.07) is 0. The SMILES string of the molecule is CNC(=N)N.NCC(=O)O. The second kappa shape index (κ2) is 7.70. The number of carbonyl (C=O) groups is 1. The molecule has 0 aromatic heterocycles. The molecule has 0 amide bonds. The van der Waals surface area contributed by atoms with Gasteiger partial charge in [0.05, 0.1) is 6.54 Å². The van der Waals surface area contributed by atoms with E-state index in [0.29, 0.717) is 0 Å². The summed E-state index contributed by atoms with van der Waals surface area (Å²) in [4.78, 5) is 9.24. The topological polar surface area (TPSA) is 125 Å². The van der Waals surface area contributed by atoms with E-state index in [1.165, 1.54) is 0 Å². The van der Waals surface area contributed by atoms with Crippen molar-refractivity contribution >= 4 is 11.9 Å². The van der Waals surface area contributed by atoms with Gasteiger partial charge in [0, 0.05) is 7.05 Å². The number of nitrogens with one attached hydrogen (secondary N) is 2. The Morgan fingerprint density at radius 3 is 2.00 bits per heavy atom. The quantitative estimate of drug-likeness (QED) is 0.220. The van der Waals surface area contributed by atoms with Gasteiger partial charge in [0.15, 0.2) is 5.96 Å². The van der Waals surface area contributed by atoms with Gasteiger partial charge in [-0.1, -0.05) is 0 Å². The maximum atomic E-state index is 9.24. The third-order valence-electron chi connectivity index (χ3n) is 0.444. The van der Waals surface area contributed by atoms with Crippen molar-refractivity contribution in [3.05, 3.63) is 0 Å². The Hall–Kier alpha value is -1.30. The van der Waals surface area contributed by atoms with Gasteiger partial charge in [-0.05, 0) is 0 Å². The van der Waals surface area contributed by atoms with E-state index in [1.54, 1.807) is 7.05 Å². The average molecular weight is 148 g/mol. The molecule has 10 heavy (non-hydrogen) atoms. The number of hydrogen-bond acceptors (Lipinski definition) is 3. The van der Waals surface area contributed by atoms with E-state index < -0.39 is 5.97 Å². The molecule has 6 nitrogen and oxygen atoms in total. The zero-order valence-electron chi connectivity index (χ0n) is 5.72. The highest BCUT2D eigenvalue weighted by molar-refractivity contribution is 5.73. The summed E-state index contributed by atoms with van der Waals surface area (Å²) in [6.45, 7) is -0.278. The number of carboxylic acid groups (broad SMARTS) is 1. The summed E-state index contributed by atoms with van der Waals surface area (Å²) in [5.41, 5.74) is 9.34. The molecule has 0 saturated heterocycles. The van der Waals surface area contributed by atoms with Crippen LogP contribution < -0.4 is 16.8 Å². The summed E-state index contributed by atoms with van der Waals surface area (Å²) in [6.07, 6.45) is 0. The second-order valence-electron chi connectivity index (χ2n) is 1.26. The van der Waals surface area contributed by atoms with E-state index in [1.807, 2.05) is 0 Å². The van der Waals surface area contributed by atoms with Gasteiger partial charge in [-0.2, -0.15) is 0 Å². The molecule has 0 unspecified atom stereocenters. The van der Waals surface area contributed by atoms with Crippen molar-refractivity contribution in [3.8, 4) is 0 Å². The first-order valence-electron chi connectivity index (χ1n) is 2.48. The zero-order chi connectivity index (χ0) is 8.57. The molecular weight excluding hydrogens is 136 g/mol. The summed E-state index contributed by atoms with van der Waals surface area (Å²) in [5, 5.41) is 16.4. The van der Waals surface area contributed by atoms with Crippen molar-refractivity contribution < 1.29 is 9.90 Å². The van der Waals surface area contributed by atoms with Crippen molar-refractivity contribution in [1.29, 1.82) is 5.41 Å². The molecule has 6 heteroatoms. The monoisotopic (exact) mass is 148 g/mol. The van der Waals surface area contributed by atoms with Gasteiger partial charge in [0.2, 0.25) is 0 Å². The van der Waals surface area contributed by atoms with Gasteiger partial charge in [0.1, 0.15) is 0 Å². The summed E-state index contributed by atoms with van der Waals surface area (Å²) >= 11 is 0. The molecule has 7 N–H and O–H groups in total. The van der Waals surface area contributed by atoms with Crippen LogP contribution in [0.1, 0.15) is 0 Å². The van der Waals surface area contributed by atoms with Crippen LogP contribution in [0.2, 0.25) is 0 Å². The van der Waals surface area contributed by atoms with Crippen molar-refractivity contribution in [2.75, 3.05) is 13.6 Å². The Morgan fingerprint density at radius 1 is 1.80 bits per heavy atom. The van der Waals surface area contributed by atoms with E-state index in [9.17, 15) is 4.79 Å². The number of carboxylic acids is 1. The highest BCUT2D eigenvalue weighted by Crippen LogP contribution is 1.43. The molecule has 0 aliphatic rings. The van der Waals surface area contributed by atoms with Gasteiger partial charge < -0.3 is 21.9 Å². The molecule has 0 aromatic rings. The Balaban J connectivity index is 0. The van der Waals surface area contributed by atoms with Crippen molar-refractivity contribution in [1.82, 2.24) is 5.32 Å². The molecule has 0 aliphatic heterocycles. The van der Waals surface area contributed by atoms with Gasteiger partial charge in [-0.3, -0.25) is 10.2 Å². The van der Waals surface area contributed by atoms with E-state index >= 15 is 0 Å². The van der Waals surface area contributed by atoms with Crippen LogP contribution in [0.5, 0.6) is 0 Å². The Bertz CT molecular complexity index is 99.8. The lowest BCUT2D eigenvalue weighted by Crippen LogP contribution is -2.25. The lowest BCUT2D eigenvalue weighted by atomic mass is 10.7. The van der Waals surface area contributed by atoms with Crippen molar-refractivity contribution in [3.63, 3.8) is 0 Å². The van der Waals surface area contributed by atoms with Crippen molar-refractivity contribution in [2.24, 2.45) is 11.5 Å². The maximum absolute atomic E-state index is 9.24. The largest absolute Gasteiger partial charge is 0.480 e. The first kappa shape index (κ1) is 11.5. The number of aliphatic carboxylic acids is 1. The molecule has 0 rings (SSSR count). The minimum Gasteiger partial charge on any atom is -0.480 e. The fourth-order valence-corrected chi connectivity index (χ4v) is 0. The summed E-state index contributed by atoms with van der Waals surface area (Å²) in [7, 11) is 1.60. The highest BCUT2D eigenvalue weighted by Gasteiger charge is 1.81. The number of nitrogens with two attached hydrogens (primary N) is 2. The van der Waals surface area contributed by atoms with E-state index in [2.05, 4.69) is 11.1 Å². The van der Waals surface area contributed by atoms with Gasteiger partial charge in [0.25, 0.3) is 0 Å². The minimum atomic E-state index is -0.968. The second-order valence-corrected chi connectivity index (χ2v) is 1.26. The summed E-state index contributed by atoms with van der Waals surface area (Å²) in [5.74, 6) is -0.963. The molecule has 0 radical (unpaired) electrons. The molecule has 0 saturated carbocycles. The van der Waals surface area contributed by atoms with E-state index in [0.717, 1.165) is 0 Å². The molecule has 0 heterocycles. The molecule has 0 aromatic carbocycles. The molecule has 0 bridgehead atoms. The van der Waals surface area contributed by atoms with E-state index in [4.69, 9.17) is 16.2 Å². The van der Waals surface area contributed by atoms with Crippen LogP contribution in [0.3, 0.4) is 0 Å². The molecule has 0 spiro atoms. The molecule has 60 valence electrons. The smallest absolute Gasteiger partial charge is 0.317 e. The number of guanidine groups is 1. The first-order chi connectivity index (χ1) is 4.54. The van der Waals surface area contributed by atoms with Gasteiger partial charge in [-0.15, -0.1) is 0 Å². The number of rotatable bonds is 1. The average Bonchev–Trinajstić information content (AvgIpc) is 1.89. The molecule has 0 atom stereocenters. The van der Waals surface area contributed by atoms with Crippen LogP contribution in [0.4, 0.5) is 0 Å². The standard InChI is InChI=1S/C2H7N3.C2H5NO2/c1-5-2(3)4;3-1-2(4)5/h1H3,(H4,3,4,5);1,3H2,(H,4,5). The van der Waals surface area contributed by atoms with Gasteiger partial charge in [-0.25, -0.2) is 0 Å². The Morgan fingerprint density at radius 2 is 2.00 bits per heavy atom. The van der Waals surface area contributed by atoms with Crippen LogP contribution in [-0.4, -0.2) is 30.6 Å². The van der Waals surface area contributed by atoms with E-state index in [-0.39, 0.29) is 12.5 Å². The molecule has 0 fully saturated rings. The molecular formula is C4H12N4O2. The Kier molecular flexibility index (Phi) is 8.85. The third-order valence-corrected chi connectivity index (χ3v) is 0.444. The van der Waals surface area contributed by atoms with Crippen LogP contribution >= 0.6 is 0 Å². The predicted molar refractivity (Wildman–Crippen MR) is 37.7 cm³/mol. The maximum Gasteiger partial charge on any atom is 0.317 e. The van der Waals surface area contributed by atoms with Crippen LogP contribution in [-0.2, 0) is 4.79 Å². The third kappa shape index (κ3) is 29.9. The van der Waals surface area contributed by atoms with Gasteiger partial charge >= 0.3 is 5.97 Å². The normalized spacial score (nSPS) is 7.00. The van der Waals surface area contributed by atoms with Crippen LogP contribution in [0.15, 0.2) is 0 Å². The lowest BCUT2D eigenvalue weighted by Gasteiger charge is -1.85. The predicted octanol–water partition coefficient (Wildman–Crippen LogP) is -1.87. The van der Waals surface area contributed by atoms with Crippen LogP contribution in [0, 0.1) is 5.41 Å². The fraction of sp³-hybridized carbons (Fsp3) is 0.500. The van der Waals surface area contributed by atoms with Crippen molar-refractivity contribution in [2.45, 2.75) is 0 Å². The van der Waals surface area contributed by atoms with Crippen LogP contribution in [0.25, 0.3) is 0 Å². The highest BCUT2D eigenvalue weighted by atomic mass is 16.4. The Labute approximate surface area is 58.7 Å². The molecule has 0 aliphatic carbocycles. The number of hydrogen-bond donors (Lipinski definition) is 5. The lowest BCUT2D eigenvalue weighted by molar-refractivity contribution is -0.135. The fourth-order valence-electron chi connectivity index (χ4n) is 0. The summed E-state index contributed by atoms with van der Waals surface area (Å²) < 4.78 is 0. The zero-order valence-corrected chi connectivity index (χ0v) is 5.72. The minimum absolute atomic E-state index is 0.00463. The first-order valence-corrected chi connectivity index (χ1v) is 2.48.